The maximum atomic E-state index is 13.2. The highest BCUT2D eigenvalue weighted by atomic mass is 16.5. The number of carbonyl (C=O) groups is 1. The van der Waals surface area contributed by atoms with Gasteiger partial charge in [-0.3, -0.25) is 4.79 Å². The summed E-state index contributed by atoms with van der Waals surface area (Å²) in [5, 5.41) is 3.95. The summed E-state index contributed by atoms with van der Waals surface area (Å²) in [5.74, 6) is 1.48. The number of aryl methyl sites for hydroxylation is 3. The number of nitrogens with zero attached hydrogens (tertiary/aromatic N) is 2. The van der Waals surface area contributed by atoms with Crippen molar-refractivity contribution in [3.05, 3.63) is 82.2 Å². The van der Waals surface area contributed by atoms with Crippen LogP contribution in [0.15, 0.2) is 53.1 Å². The fourth-order valence-electron chi connectivity index (χ4n) is 3.39. The second-order valence-corrected chi connectivity index (χ2v) is 7.77. The molecule has 0 aliphatic heterocycles. The highest BCUT2D eigenvalue weighted by molar-refractivity contribution is 5.95. The SMILES string of the molecule is Cc1ccc(CN(C(=O)c2cccc(OCc3c(C)noc3C)c2)C2CC2)cc1. The summed E-state index contributed by atoms with van der Waals surface area (Å²) in [6.45, 7) is 6.84. The van der Waals surface area contributed by atoms with E-state index in [-0.39, 0.29) is 5.91 Å². The lowest BCUT2D eigenvalue weighted by Gasteiger charge is -2.23. The molecule has 1 aliphatic rings. The quantitative estimate of drug-likeness (QED) is 0.571. The Balaban J connectivity index is 1.48. The largest absolute Gasteiger partial charge is 0.489 e. The second-order valence-electron chi connectivity index (χ2n) is 7.77. The molecule has 2 aromatic carbocycles. The van der Waals surface area contributed by atoms with Crippen LogP contribution in [0.3, 0.4) is 0 Å². The minimum atomic E-state index is 0.0517. The van der Waals surface area contributed by atoms with Gasteiger partial charge in [-0.15, -0.1) is 0 Å². The average Bonchev–Trinajstić information content (AvgIpc) is 3.51. The van der Waals surface area contributed by atoms with Crippen LogP contribution < -0.4 is 4.74 Å². The van der Waals surface area contributed by atoms with Gasteiger partial charge in [-0.25, -0.2) is 0 Å². The Morgan fingerprint density at radius 3 is 2.55 bits per heavy atom. The van der Waals surface area contributed by atoms with Crippen molar-refractivity contribution in [2.24, 2.45) is 0 Å². The molecule has 5 nitrogen and oxygen atoms in total. The highest BCUT2D eigenvalue weighted by Crippen LogP contribution is 2.30. The monoisotopic (exact) mass is 390 g/mol. The second kappa shape index (κ2) is 8.11. The molecule has 4 rings (SSSR count). The van der Waals surface area contributed by atoms with E-state index >= 15 is 0 Å². The normalized spacial score (nSPS) is 13.3. The first-order valence-corrected chi connectivity index (χ1v) is 10.0. The molecule has 0 spiro atoms. The Bertz CT molecular complexity index is 984. The van der Waals surface area contributed by atoms with Crippen molar-refractivity contribution >= 4 is 5.91 Å². The standard InChI is InChI=1S/C24H26N2O3/c1-16-7-9-19(10-8-16)14-26(21-11-12-21)24(27)20-5-4-6-22(13-20)28-15-23-17(2)25-29-18(23)3/h4-10,13,21H,11-12,14-15H2,1-3H3. The number of ether oxygens (including phenoxy) is 1. The molecular weight excluding hydrogens is 364 g/mol. The molecule has 1 fully saturated rings. The molecule has 29 heavy (non-hydrogen) atoms. The molecule has 5 heteroatoms. The van der Waals surface area contributed by atoms with Gasteiger partial charge in [0.1, 0.15) is 18.1 Å². The topological polar surface area (TPSA) is 55.6 Å². The Kier molecular flexibility index (Phi) is 5.38. The summed E-state index contributed by atoms with van der Waals surface area (Å²) in [5.41, 5.74) is 4.80. The van der Waals surface area contributed by atoms with Crippen LogP contribution in [-0.2, 0) is 13.2 Å². The van der Waals surface area contributed by atoms with E-state index in [4.69, 9.17) is 9.26 Å². The van der Waals surface area contributed by atoms with Crippen molar-refractivity contribution in [2.45, 2.75) is 52.8 Å². The molecule has 0 radical (unpaired) electrons. The molecule has 3 aromatic rings. The summed E-state index contributed by atoms with van der Waals surface area (Å²) in [7, 11) is 0. The average molecular weight is 390 g/mol. The zero-order valence-electron chi connectivity index (χ0n) is 17.1. The molecule has 0 bridgehead atoms. The van der Waals surface area contributed by atoms with Crippen LogP contribution in [0.1, 0.15) is 51.3 Å². The van der Waals surface area contributed by atoms with E-state index in [1.54, 1.807) is 0 Å². The van der Waals surface area contributed by atoms with E-state index in [9.17, 15) is 4.79 Å². The van der Waals surface area contributed by atoms with Crippen LogP contribution in [0.2, 0.25) is 0 Å². The first-order valence-electron chi connectivity index (χ1n) is 10.0. The lowest BCUT2D eigenvalue weighted by atomic mass is 10.1. The van der Waals surface area contributed by atoms with Crippen molar-refractivity contribution < 1.29 is 14.1 Å². The summed E-state index contributed by atoms with van der Waals surface area (Å²) in [4.78, 5) is 15.2. The maximum Gasteiger partial charge on any atom is 0.254 e. The van der Waals surface area contributed by atoms with Gasteiger partial charge in [0.2, 0.25) is 0 Å². The van der Waals surface area contributed by atoms with E-state index in [2.05, 4.69) is 36.3 Å². The Morgan fingerprint density at radius 1 is 1.14 bits per heavy atom. The number of benzene rings is 2. The molecule has 0 saturated heterocycles. The maximum absolute atomic E-state index is 13.2. The van der Waals surface area contributed by atoms with Crippen LogP contribution in [0, 0.1) is 20.8 Å². The predicted octanol–water partition coefficient (Wildman–Crippen LogP) is 4.98. The predicted molar refractivity (Wildman–Crippen MR) is 111 cm³/mol. The minimum absolute atomic E-state index is 0.0517. The van der Waals surface area contributed by atoms with E-state index < -0.39 is 0 Å². The molecule has 150 valence electrons. The van der Waals surface area contributed by atoms with Crippen molar-refractivity contribution in [3.63, 3.8) is 0 Å². The lowest BCUT2D eigenvalue weighted by Crippen LogP contribution is -2.32. The zero-order chi connectivity index (χ0) is 20.4. The van der Waals surface area contributed by atoms with Crippen LogP contribution >= 0.6 is 0 Å². The fraction of sp³-hybridized carbons (Fsp3) is 0.333. The first kappa shape index (κ1) is 19.2. The smallest absolute Gasteiger partial charge is 0.254 e. The molecular formula is C24H26N2O3. The van der Waals surface area contributed by atoms with E-state index in [0.29, 0.717) is 30.5 Å². The minimum Gasteiger partial charge on any atom is -0.489 e. The third-order valence-corrected chi connectivity index (χ3v) is 5.37. The molecule has 1 aliphatic carbocycles. The number of hydrogen-bond donors (Lipinski definition) is 0. The van der Waals surface area contributed by atoms with Gasteiger partial charge < -0.3 is 14.2 Å². The highest BCUT2D eigenvalue weighted by Gasteiger charge is 2.33. The number of aromatic nitrogens is 1. The number of hydrogen-bond acceptors (Lipinski definition) is 4. The van der Waals surface area contributed by atoms with Gasteiger partial charge in [-0.05, 0) is 57.4 Å². The third-order valence-electron chi connectivity index (χ3n) is 5.37. The van der Waals surface area contributed by atoms with Crippen molar-refractivity contribution in [2.75, 3.05) is 0 Å². The van der Waals surface area contributed by atoms with Gasteiger partial charge in [0.15, 0.2) is 0 Å². The summed E-state index contributed by atoms with van der Waals surface area (Å²) < 4.78 is 11.1. The van der Waals surface area contributed by atoms with Gasteiger partial charge in [-0.2, -0.15) is 0 Å². The Labute approximate surface area is 171 Å². The van der Waals surface area contributed by atoms with E-state index in [0.717, 1.165) is 35.4 Å². The van der Waals surface area contributed by atoms with Crippen molar-refractivity contribution in [1.82, 2.24) is 10.1 Å². The van der Waals surface area contributed by atoms with Gasteiger partial charge in [0, 0.05) is 18.2 Å². The number of rotatable bonds is 7. The van der Waals surface area contributed by atoms with Gasteiger partial charge in [-0.1, -0.05) is 41.1 Å². The van der Waals surface area contributed by atoms with Gasteiger partial charge in [0.25, 0.3) is 5.91 Å². The van der Waals surface area contributed by atoms with E-state index in [1.807, 2.05) is 43.0 Å². The summed E-state index contributed by atoms with van der Waals surface area (Å²) in [6.07, 6.45) is 2.14. The van der Waals surface area contributed by atoms with Crippen LogP contribution in [-0.4, -0.2) is 22.0 Å². The molecule has 1 saturated carbocycles. The Morgan fingerprint density at radius 2 is 1.90 bits per heavy atom. The summed E-state index contributed by atoms with van der Waals surface area (Å²) >= 11 is 0. The third kappa shape index (κ3) is 4.50. The number of amides is 1. The molecule has 0 unspecified atom stereocenters. The molecule has 1 aromatic heterocycles. The van der Waals surface area contributed by atoms with Crippen LogP contribution in [0.4, 0.5) is 0 Å². The Hall–Kier alpha value is -3.08. The van der Waals surface area contributed by atoms with Crippen LogP contribution in [0.25, 0.3) is 0 Å². The molecule has 0 atom stereocenters. The van der Waals surface area contributed by atoms with Crippen molar-refractivity contribution in [1.29, 1.82) is 0 Å². The van der Waals surface area contributed by atoms with Gasteiger partial charge in [0.05, 0.1) is 11.3 Å². The number of carbonyl (C=O) groups excluding carboxylic acids is 1. The lowest BCUT2D eigenvalue weighted by molar-refractivity contribution is 0.0729. The van der Waals surface area contributed by atoms with E-state index in [1.165, 1.54) is 5.56 Å². The first-order chi connectivity index (χ1) is 14.0. The molecule has 1 heterocycles. The van der Waals surface area contributed by atoms with Crippen molar-refractivity contribution in [3.8, 4) is 5.75 Å². The molecule has 0 N–H and O–H groups in total. The van der Waals surface area contributed by atoms with Gasteiger partial charge >= 0.3 is 0 Å². The molecule has 1 amide bonds. The zero-order valence-corrected chi connectivity index (χ0v) is 17.1. The fourth-order valence-corrected chi connectivity index (χ4v) is 3.39. The summed E-state index contributed by atoms with van der Waals surface area (Å²) in [6, 6.07) is 16.1. The van der Waals surface area contributed by atoms with Crippen LogP contribution in [0.5, 0.6) is 5.75 Å².